The van der Waals surface area contributed by atoms with Crippen molar-refractivity contribution >= 4 is 51.5 Å². The van der Waals surface area contributed by atoms with E-state index >= 15 is 0 Å². The van der Waals surface area contributed by atoms with Crippen LogP contribution in [0.4, 0.5) is 0 Å². The van der Waals surface area contributed by atoms with Gasteiger partial charge in [0.25, 0.3) is 0 Å². The number of esters is 1. The number of hydrogen-bond donors (Lipinski definition) is 2. The summed E-state index contributed by atoms with van der Waals surface area (Å²) >= 11 is 18.9. The van der Waals surface area contributed by atoms with E-state index in [0.717, 1.165) is 5.56 Å². The summed E-state index contributed by atoms with van der Waals surface area (Å²) in [5.41, 5.74) is 1.77. The third kappa shape index (κ3) is 4.75. The summed E-state index contributed by atoms with van der Waals surface area (Å²) in [7, 11) is 0. The minimum Gasteiger partial charge on any atom is -0.494 e. The zero-order valence-corrected chi connectivity index (χ0v) is 20.3. The Kier molecular flexibility index (Phi) is 7.12. The van der Waals surface area contributed by atoms with Crippen molar-refractivity contribution in [2.45, 2.75) is 20.0 Å². The molecule has 4 aromatic rings. The van der Waals surface area contributed by atoms with E-state index in [1.807, 2.05) is 12.1 Å². The molecule has 6 nitrogen and oxygen atoms in total. The number of carbonyl (C=O) groups is 1. The van der Waals surface area contributed by atoms with Gasteiger partial charge < -0.3 is 19.7 Å². The predicted molar refractivity (Wildman–Crippen MR) is 133 cm³/mol. The van der Waals surface area contributed by atoms with Gasteiger partial charge >= 0.3 is 5.97 Å². The maximum absolute atomic E-state index is 11.8. The van der Waals surface area contributed by atoms with E-state index in [4.69, 9.17) is 44.3 Å². The van der Waals surface area contributed by atoms with E-state index < -0.39 is 0 Å². The molecule has 3 aromatic carbocycles. The fourth-order valence-electron chi connectivity index (χ4n) is 3.68. The van der Waals surface area contributed by atoms with Crippen molar-refractivity contribution in [3.8, 4) is 23.2 Å². The molecule has 0 aliphatic rings. The van der Waals surface area contributed by atoms with Crippen molar-refractivity contribution in [1.29, 1.82) is 0 Å². The smallest absolute Gasteiger partial charge is 0.310 e. The SMILES string of the molecule is CCOC(=O)Cc1ccc(-n2c(O)c3c(Cl)ccc(OCc4cccc(Cl)c4)c3c2O)c(Cl)c1. The van der Waals surface area contributed by atoms with Gasteiger partial charge in [-0.1, -0.05) is 53.0 Å². The highest BCUT2D eigenvalue weighted by Gasteiger charge is 2.24. The average molecular weight is 521 g/mol. The summed E-state index contributed by atoms with van der Waals surface area (Å²) in [6, 6.07) is 15.2. The van der Waals surface area contributed by atoms with E-state index in [9.17, 15) is 15.0 Å². The Morgan fingerprint density at radius 2 is 1.68 bits per heavy atom. The number of aromatic hydroxyl groups is 2. The molecule has 0 bridgehead atoms. The van der Waals surface area contributed by atoms with Gasteiger partial charge in [0.05, 0.1) is 39.5 Å². The van der Waals surface area contributed by atoms with Gasteiger partial charge in [0.2, 0.25) is 11.8 Å². The second-order valence-corrected chi connectivity index (χ2v) is 8.72. The molecule has 9 heteroatoms. The van der Waals surface area contributed by atoms with Gasteiger partial charge in [-0.3, -0.25) is 4.79 Å². The van der Waals surface area contributed by atoms with Crippen LogP contribution in [0, 0.1) is 0 Å². The first-order valence-electron chi connectivity index (χ1n) is 10.4. The Morgan fingerprint density at radius 3 is 2.38 bits per heavy atom. The maximum Gasteiger partial charge on any atom is 0.310 e. The number of halogens is 3. The molecule has 1 aromatic heterocycles. The van der Waals surface area contributed by atoms with E-state index in [0.29, 0.717) is 22.0 Å². The van der Waals surface area contributed by atoms with Gasteiger partial charge in [-0.05, 0) is 54.4 Å². The highest BCUT2D eigenvalue weighted by Crippen LogP contribution is 2.47. The van der Waals surface area contributed by atoms with Gasteiger partial charge in [0.1, 0.15) is 12.4 Å². The Labute approximate surface area is 210 Å². The molecule has 0 atom stereocenters. The highest BCUT2D eigenvalue weighted by atomic mass is 35.5. The molecule has 0 unspecified atom stereocenters. The number of rotatable bonds is 7. The molecule has 4 rings (SSSR count). The van der Waals surface area contributed by atoms with Gasteiger partial charge in [0, 0.05) is 5.02 Å². The quantitative estimate of drug-likeness (QED) is 0.265. The molecular weight excluding hydrogens is 501 g/mol. The lowest BCUT2D eigenvalue weighted by atomic mass is 10.1. The van der Waals surface area contributed by atoms with Crippen LogP contribution in [0.1, 0.15) is 18.1 Å². The molecular formula is C25H20Cl3NO5. The van der Waals surface area contributed by atoms with E-state index in [2.05, 4.69) is 0 Å². The lowest BCUT2D eigenvalue weighted by molar-refractivity contribution is -0.142. The van der Waals surface area contributed by atoms with Crippen molar-refractivity contribution in [3.63, 3.8) is 0 Å². The molecule has 1 heterocycles. The predicted octanol–water partition coefficient (Wildman–Crippen LogP) is 6.69. The Morgan fingerprint density at radius 1 is 0.912 bits per heavy atom. The van der Waals surface area contributed by atoms with E-state index in [1.54, 1.807) is 49.4 Å². The van der Waals surface area contributed by atoms with Crippen LogP contribution in [0.25, 0.3) is 16.5 Å². The molecule has 0 saturated heterocycles. The molecule has 34 heavy (non-hydrogen) atoms. The summed E-state index contributed by atoms with van der Waals surface area (Å²) in [5, 5.41) is 23.5. The molecule has 0 radical (unpaired) electrons. The molecule has 0 aliphatic heterocycles. The van der Waals surface area contributed by atoms with Crippen LogP contribution in [0.2, 0.25) is 15.1 Å². The minimum absolute atomic E-state index is 0.0484. The monoisotopic (exact) mass is 519 g/mol. The second kappa shape index (κ2) is 10.1. The van der Waals surface area contributed by atoms with Crippen LogP contribution >= 0.6 is 34.8 Å². The van der Waals surface area contributed by atoms with Crippen molar-refractivity contribution in [2.75, 3.05) is 6.61 Å². The fourth-order valence-corrected chi connectivity index (χ4v) is 4.42. The van der Waals surface area contributed by atoms with Crippen LogP contribution in [0.15, 0.2) is 54.6 Å². The first-order chi connectivity index (χ1) is 16.3. The third-order valence-corrected chi connectivity index (χ3v) is 6.03. The molecule has 2 N–H and O–H groups in total. The number of benzene rings is 3. The Balaban J connectivity index is 1.74. The zero-order valence-electron chi connectivity index (χ0n) is 18.0. The summed E-state index contributed by atoms with van der Waals surface area (Å²) in [6.45, 7) is 2.20. The number of nitrogens with zero attached hydrogens (tertiary/aromatic N) is 1. The van der Waals surface area contributed by atoms with E-state index in [1.165, 1.54) is 4.57 Å². The Hall–Kier alpha value is -3.06. The van der Waals surface area contributed by atoms with Crippen molar-refractivity contribution in [1.82, 2.24) is 4.57 Å². The maximum atomic E-state index is 11.8. The molecule has 0 aliphatic carbocycles. The number of ether oxygens (including phenoxy) is 2. The van der Waals surface area contributed by atoms with Crippen LogP contribution in [0.5, 0.6) is 17.5 Å². The standard InChI is InChI=1S/C25H20Cl3NO5/c1-2-33-21(30)12-14-6-8-19(18(28)11-14)29-24(31)22-17(27)7-9-20(23(22)25(29)32)34-13-15-4-3-5-16(26)10-15/h3-11,31-32H,2,12-13H2,1H3. The fraction of sp³-hybridized carbons (Fsp3) is 0.160. The second-order valence-electron chi connectivity index (χ2n) is 7.46. The van der Waals surface area contributed by atoms with Gasteiger partial charge in [-0.15, -0.1) is 0 Å². The Bertz CT molecular complexity index is 1380. The first kappa shape index (κ1) is 24.1. The average Bonchev–Trinajstić information content (AvgIpc) is 3.05. The molecule has 0 fully saturated rings. The van der Waals surface area contributed by atoms with E-state index in [-0.39, 0.29) is 58.2 Å². The highest BCUT2D eigenvalue weighted by molar-refractivity contribution is 6.37. The third-order valence-electron chi connectivity index (χ3n) is 5.18. The van der Waals surface area contributed by atoms with Gasteiger partial charge in [-0.25, -0.2) is 4.57 Å². The summed E-state index contributed by atoms with van der Waals surface area (Å²) in [6.07, 6.45) is 0.0484. The van der Waals surface area contributed by atoms with Gasteiger partial charge in [0.15, 0.2) is 0 Å². The van der Waals surface area contributed by atoms with Crippen LogP contribution < -0.4 is 4.74 Å². The largest absolute Gasteiger partial charge is 0.494 e. The summed E-state index contributed by atoms with van der Waals surface area (Å²) < 4.78 is 12.1. The molecule has 0 spiro atoms. The molecule has 176 valence electrons. The van der Waals surface area contributed by atoms with Gasteiger partial charge in [-0.2, -0.15) is 0 Å². The molecule has 0 amide bonds. The summed E-state index contributed by atoms with van der Waals surface area (Å²) in [5.74, 6) is -0.653. The topological polar surface area (TPSA) is 80.9 Å². The summed E-state index contributed by atoms with van der Waals surface area (Å²) in [4.78, 5) is 11.8. The van der Waals surface area contributed by atoms with Crippen molar-refractivity contribution in [3.05, 3.63) is 80.8 Å². The lowest BCUT2D eigenvalue weighted by Crippen LogP contribution is -2.07. The van der Waals surface area contributed by atoms with Crippen LogP contribution in [0.3, 0.4) is 0 Å². The van der Waals surface area contributed by atoms with Crippen molar-refractivity contribution < 1.29 is 24.5 Å². The normalized spacial score (nSPS) is 11.1. The van der Waals surface area contributed by atoms with Crippen LogP contribution in [-0.2, 0) is 22.6 Å². The van der Waals surface area contributed by atoms with Crippen LogP contribution in [-0.4, -0.2) is 27.4 Å². The molecule has 0 saturated carbocycles. The first-order valence-corrected chi connectivity index (χ1v) is 11.5. The lowest BCUT2D eigenvalue weighted by Gasteiger charge is -2.11. The zero-order chi connectivity index (χ0) is 24.4. The number of carbonyl (C=O) groups excluding carboxylic acids is 1. The number of aromatic nitrogens is 1. The minimum atomic E-state index is -0.378. The number of hydrogen-bond acceptors (Lipinski definition) is 5. The van der Waals surface area contributed by atoms with Crippen molar-refractivity contribution in [2.24, 2.45) is 0 Å². The number of fused-ring (bicyclic) bond motifs is 1.